The molecule has 4 rings (SSSR count). The van der Waals surface area contributed by atoms with Crippen LogP contribution in [0.25, 0.3) is 10.6 Å². The Morgan fingerprint density at radius 1 is 1.24 bits per heavy atom. The van der Waals surface area contributed by atoms with Crippen LogP contribution >= 0.6 is 11.3 Å². The van der Waals surface area contributed by atoms with Crippen molar-refractivity contribution in [1.29, 1.82) is 0 Å². The summed E-state index contributed by atoms with van der Waals surface area (Å²) in [7, 11) is -3.72. The highest BCUT2D eigenvalue weighted by Gasteiger charge is 2.25. The first-order valence-corrected chi connectivity index (χ1v) is 9.98. The van der Waals surface area contributed by atoms with E-state index in [2.05, 4.69) is 20.5 Å². The number of nitrogens with one attached hydrogen (secondary N) is 2. The Morgan fingerprint density at radius 3 is 2.72 bits per heavy atom. The zero-order valence-electron chi connectivity index (χ0n) is 13.1. The molecule has 0 spiro atoms. The summed E-state index contributed by atoms with van der Waals surface area (Å²) in [6, 6.07) is 8.55. The number of nitrogens with two attached hydrogens (primary N) is 2. The average molecular weight is 376 g/mol. The molecular formula is C15H16N6O2S2. The molecule has 3 aromatic rings. The predicted molar refractivity (Wildman–Crippen MR) is 97.2 cm³/mol. The van der Waals surface area contributed by atoms with Crippen molar-refractivity contribution in [3.63, 3.8) is 0 Å². The van der Waals surface area contributed by atoms with Gasteiger partial charge >= 0.3 is 0 Å². The van der Waals surface area contributed by atoms with Crippen LogP contribution < -0.4 is 16.2 Å². The number of hydrogen-bond donors (Lipinski definition) is 4. The maximum Gasteiger partial charge on any atom is 0.247 e. The molecule has 130 valence electrons. The fourth-order valence-electron chi connectivity index (χ4n) is 2.44. The highest BCUT2D eigenvalue weighted by Crippen LogP contribution is 2.40. The number of primary sulfonamides is 1. The van der Waals surface area contributed by atoms with E-state index in [1.807, 2.05) is 6.07 Å². The van der Waals surface area contributed by atoms with E-state index >= 15 is 0 Å². The number of rotatable bonds is 5. The topological polar surface area (TPSA) is 140 Å². The van der Waals surface area contributed by atoms with Crippen LogP contribution in [0.2, 0.25) is 0 Å². The zero-order valence-corrected chi connectivity index (χ0v) is 14.7. The molecule has 1 saturated carbocycles. The molecule has 0 atom stereocenters. The number of H-pyrrole nitrogens is 1. The van der Waals surface area contributed by atoms with Crippen molar-refractivity contribution in [3.8, 4) is 10.6 Å². The lowest BCUT2D eigenvalue weighted by atomic mass is 10.2. The standard InChI is InChI=1S/C15H16N6O2S2/c16-9-3-4-10(12-5-6-14(24-12)25(17,22)23)18-15(9)19-13-7-11(20-21-13)8-1-2-8/h3-8H,1-2,16H2,(H2,17,22,23)(H2,18,19,20,21). The summed E-state index contributed by atoms with van der Waals surface area (Å²) in [5, 5.41) is 15.5. The smallest absolute Gasteiger partial charge is 0.247 e. The number of nitrogen functional groups attached to an aromatic ring is 1. The van der Waals surface area contributed by atoms with Gasteiger partial charge in [-0.1, -0.05) is 0 Å². The van der Waals surface area contributed by atoms with Crippen molar-refractivity contribution in [2.75, 3.05) is 11.1 Å². The Balaban J connectivity index is 1.62. The van der Waals surface area contributed by atoms with E-state index in [-0.39, 0.29) is 4.21 Å². The van der Waals surface area contributed by atoms with Crippen LogP contribution in [0.1, 0.15) is 24.5 Å². The molecule has 0 saturated heterocycles. The van der Waals surface area contributed by atoms with E-state index in [4.69, 9.17) is 10.9 Å². The summed E-state index contributed by atoms with van der Waals surface area (Å²) in [6.07, 6.45) is 2.37. The fraction of sp³-hybridized carbons (Fsp3) is 0.200. The van der Waals surface area contributed by atoms with Gasteiger partial charge in [-0.3, -0.25) is 5.10 Å². The lowest BCUT2D eigenvalue weighted by Crippen LogP contribution is -2.09. The normalized spacial score (nSPS) is 14.6. The molecule has 8 nitrogen and oxygen atoms in total. The van der Waals surface area contributed by atoms with E-state index in [9.17, 15) is 8.42 Å². The maximum atomic E-state index is 11.4. The molecule has 1 aliphatic carbocycles. The van der Waals surface area contributed by atoms with E-state index in [0.29, 0.717) is 33.8 Å². The zero-order chi connectivity index (χ0) is 17.6. The molecule has 0 bridgehead atoms. The van der Waals surface area contributed by atoms with Gasteiger partial charge in [0.1, 0.15) is 4.21 Å². The second-order valence-corrected chi connectivity index (χ2v) is 8.78. The number of thiophene rings is 1. The van der Waals surface area contributed by atoms with Crippen LogP contribution in [0.15, 0.2) is 34.5 Å². The van der Waals surface area contributed by atoms with Crippen molar-refractivity contribution < 1.29 is 8.42 Å². The van der Waals surface area contributed by atoms with Gasteiger partial charge < -0.3 is 11.1 Å². The number of aromatic amines is 1. The third kappa shape index (κ3) is 3.36. The summed E-state index contributed by atoms with van der Waals surface area (Å²) in [6.45, 7) is 0. The van der Waals surface area contributed by atoms with Gasteiger partial charge in [0.15, 0.2) is 11.6 Å². The number of sulfonamides is 1. The largest absolute Gasteiger partial charge is 0.396 e. The molecule has 1 fully saturated rings. The lowest BCUT2D eigenvalue weighted by molar-refractivity contribution is 0.600. The summed E-state index contributed by atoms with van der Waals surface area (Å²) < 4.78 is 22.9. The van der Waals surface area contributed by atoms with Gasteiger partial charge in [0, 0.05) is 17.7 Å². The van der Waals surface area contributed by atoms with E-state index in [1.165, 1.54) is 18.9 Å². The molecule has 10 heteroatoms. The van der Waals surface area contributed by atoms with Gasteiger partial charge in [-0.15, -0.1) is 11.3 Å². The third-order valence-corrected chi connectivity index (χ3v) is 6.45. The SMILES string of the molecule is Nc1ccc(-c2ccc(S(N)(=O)=O)s2)nc1Nc1cc(C2CC2)[nH]n1. The summed E-state index contributed by atoms with van der Waals surface area (Å²) in [5.74, 6) is 1.69. The number of pyridine rings is 1. The Morgan fingerprint density at radius 2 is 2.04 bits per heavy atom. The molecule has 0 aliphatic heterocycles. The van der Waals surface area contributed by atoms with Crippen LogP contribution in [-0.2, 0) is 10.0 Å². The maximum absolute atomic E-state index is 11.4. The molecule has 3 heterocycles. The first-order chi connectivity index (χ1) is 11.9. The molecule has 0 unspecified atom stereocenters. The van der Waals surface area contributed by atoms with Gasteiger partial charge in [0.2, 0.25) is 10.0 Å². The molecule has 0 aromatic carbocycles. The highest BCUT2D eigenvalue weighted by atomic mass is 32.2. The average Bonchev–Trinajstić information content (AvgIpc) is 3.09. The van der Waals surface area contributed by atoms with Crippen molar-refractivity contribution >= 4 is 38.7 Å². The molecule has 0 radical (unpaired) electrons. The van der Waals surface area contributed by atoms with Gasteiger partial charge in [0.05, 0.1) is 16.3 Å². The van der Waals surface area contributed by atoms with Crippen molar-refractivity contribution in [1.82, 2.24) is 15.2 Å². The first kappa shape index (κ1) is 16.1. The Bertz CT molecular complexity index is 1040. The minimum atomic E-state index is -3.72. The van der Waals surface area contributed by atoms with Crippen LogP contribution in [0.5, 0.6) is 0 Å². The van der Waals surface area contributed by atoms with Crippen LogP contribution in [0, 0.1) is 0 Å². The fourth-order valence-corrected chi connectivity index (χ4v) is 4.14. The Labute approximate surface area is 148 Å². The predicted octanol–water partition coefficient (Wildman–Crippen LogP) is 2.38. The lowest BCUT2D eigenvalue weighted by Gasteiger charge is -2.07. The summed E-state index contributed by atoms with van der Waals surface area (Å²) in [4.78, 5) is 5.18. The number of aromatic nitrogens is 3. The highest BCUT2D eigenvalue weighted by molar-refractivity contribution is 7.91. The van der Waals surface area contributed by atoms with Crippen molar-refractivity contribution in [2.24, 2.45) is 5.14 Å². The second-order valence-electron chi connectivity index (χ2n) is 5.91. The van der Waals surface area contributed by atoms with E-state index in [1.54, 1.807) is 18.2 Å². The molecule has 1 aliphatic rings. The van der Waals surface area contributed by atoms with Gasteiger partial charge in [-0.25, -0.2) is 18.5 Å². The molecule has 6 N–H and O–H groups in total. The van der Waals surface area contributed by atoms with Crippen LogP contribution in [-0.4, -0.2) is 23.6 Å². The van der Waals surface area contributed by atoms with E-state index in [0.717, 1.165) is 17.0 Å². The van der Waals surface area contributed by atoms with E-state index < -0.39 is 10.0 Å². The Kier molecular flexibility index (Phi) is 3.74. The summed E-state index contributed by atoms with van der Waals surface area (Å²) in [5.41, 5.74) is 8.18. The first-order valence-electron chi connectivity index (χ1n) is 7.62. The molecule has 0 amide bonds. The number of nitrogens with zero attached hydrogens (tertiary/aromatic N) is 2. The van der Waals surface area contributed by atoms with Crippen molar-refractivity contribution in [3.05, 3.63) is 36.0 Å². The second kappa shape index (κ2) is 5.83. The minimum absolute atomic E-state index is 0.0945. The number of hydrogen-bond acceptors (Lipinski definition) is 7. The van der Waals surface area contributed by atoms with Gasteiger partial charge in [0.25, 0.3) is 0 Å². The molecule has 3 aromatic heterocycles. The van der Waals surface area contributed by atoms with Crippen LogP contribution in [0.4, 0.5) is 17.3 Å². The number of anilines is 3. The van der Waals surface area contributed by atoms with Gasteiger partial charge in [-0.2, -0.15) is 5.10 Å². The molecule has 25 heavy (non-hydrogen) atoms. The quantitative estimate of drug-likeness (QED) is 0.539. The van der Waals surface area contributed by atoms with Crippen LogP contribution in [0.3, 0.4) is 0 Å². The minimum Gasteiger partial charge on any atom is -0.396 e. The summed E-state index contributed by atoms with van der Waals surface area (Å²) >= 11 is 1.06. The van der Waals surface area contributed by atoms with Gasteiger partial charge in [-0.05, 0) is 37.1 Å². The Hall–Kier alpha value is -2.43. The monoisotopic (exact) mass is 376 g/mol. The molecular weight excluding hydrogens is 360 g/mol. The van der Waals surface area contributed by atoms with Crippen molar-refractivity contribution in [2.45, 2.75) is 23.0 Å². The third-order valence-electron chi connectivity index (χ3n) is 3.90.